The van der Waals surface area contributed by atoms with Crippen LogP contribution >= 0.6 is 0 Å². The molecule has 0 fully saturated rings. The molecule has 0 spiro atoms. The van der Waals surface area contributed by atoms with Crippen molar-refractivity contribution < 1.29 is 9.32 Å². The minimum atomic E-state index is -0.440. The van der Waals surface area contributed by atoms with Crippen LogP contribution in [0.2, 0.25) is 0 Å². The van der Waals surface area contributed by atoms with Gasteiger partial charge < -0.3 is 15.6 Å². The fourth-order valence-corrected chi connectivity index (χ4v) is 1.35. The molecule has 0 aromatic carbocycles. The Balaban J connectivity index is 2.19. The number of carbonyl (C=O) groups excluding carboxylic acids is 1. The molecule has 0 bridgehead atoms. The summed E-state index contributed by atoms with van der Waals surface area (Å²) >= 11 is 0. The van der Waals surface area contributed by atoms with Gasteiger partial charge in [0.25, 0.3) is 0 Å². The molecular formula is C10H18N4O2. The Kier molecular flexibility index (Phi) is 4.91. The SMILES string of the molecule is CC(C)CC(N)C(=O)NCCc1ncon1. The van der Waals surface area contributed by atoms with Crippen LogP contribution < -0.4 is 11.1 Å². The molecule has 1 aromatic heterocycles. The second-order valence-electron chi connectivity index (χ2n) is 4.12. The number of hydrogen-bond donors (Lipinski definition) is 2. The number of carbonyl (C=O) groups is 1. The van der Waals surface area contributed by atoms with Crippen molar-refractivity contribution in [3.8, 4) is 0 Å². The molecule has 90 valence electrons. The Bertz CT molecular complexity index is 311. The molecule has 0 aliphatic rings. The van der Waals surface area contributed by atoms with Crippen LogP contribution in [0.25, 0.3) is 0 Å². The average Bonchev–Trinajstić information content (AvgIpc) is 2.69. The first-order valence-corrected chi connectivity index (χ1v) is 5.38. The molecule has 3 N–H and O–H groups in total. The summed E-state index contributed by atoms with van der Waals surface area (Å²) in [6, 6.07) is -0.440. The molecule has 16 heavy (non-hydrogen) atoms. The maximum Gasteiger partial charge on any atom is 0.236 e. The fourth-order valence-electron chi connectivity index (χ4n) is 1.35. The third-order valence-corrected chi connectivity index (χ3v) is 2.12. The zero-order valence-electron chi connectivity index (χ0n) is 9.64. The molecule has 0 aliphatic carbocycles. The van der Waals surface area contributed by atoms with Crippen LogP contribution in [0, 0.1) is 5.92 Å². The van der Waals surface area contributed by atoms with Gasteiger partial charge in [-0.1, -0.05) is 19.0 Å². The summed E-state index contributed by atoms with van der Waals surface area (Å²) in [5.74, 6) is 0.868. The van der Waals surface area contributed by atoms with E-state index in [1.54, 1.807) is 0 Å². The monoisotopic (exact) mass is 226 g/mol. The molecule has 1 heterocycles. The van der Waals surface area contributed by atoms with Crippen molar-refractivity contribution in [3.05, 3.63) is 12.2 Å². The lowest BCUT2D eigenvalue weighted by atomic mass is 10.0. The maximum atomic E-state index is 11.5. The van der Waals surface area contributed by atoms with E-state index in [-0.39, 0.29) is 5.91 Å². The van der Waals surface area contributed by atoms with Crippen LogP contribution in [0.1, 0.15) is 26.1 Å². The van der Waals surface area contributed by atoms with Gasteiger partial charge in [-0.05, 0) is 12.3 Å². The third-order valence-electron chi connectivity index (χ3n) is 2.12. The predicted molar refractivity (Wildman–Crippen MR) is 58.4 cm³/mol. The smallest absolute Gasteiger partial charge is 0.236 e. The van der Waals surface area contributed by atoms with Gasteiger partial charge in [0.05, 0.1) is 6.04 Å². The number of nitrogens with zero attached hydrogens (tertiary/aromatic N) is 2. The molecule has 0 saturated heterocycles. The van der Waals surface area contributed by atoms with Crippen LogP contribution in [0.15, 0.2) is 10.9 Å². The van der Waals surface area contributed by atoms with E-state index in [1.165, 1.54) is 6.39 Å². The number of rotatable bonds is 6. The number of nitrogens with one attached hydrogen (secondary N) is 1. The van der Waals surface area contributed by atoms with Gasteiger partial charge in [-0.3, -0.25) is 4.79 Å². The van der Waals surface area contributed by atoms with E-state index >= 15 is 0 Å². The summed E-state index contributed by atoms with van der Waals surface area (Å²) in [7, 11) is 0. The van der Waals surface area contributed by atoms with Crippen molar-refractivity contribution in [3.63, 3.8) is 0 Å². The number of amides is 1. The highest BCUT2D eigenvalue weighted by atomic mass is 16.5. The molecule has 1 aromatic rings. The largest absolute Gasteiger partial charge is 0.354 e. The summed E-state index contributed by atoms with van der Waals surface area (Å²) < 4.78 is 4.57. The molecule has 0 aliphatic heterocycles. The highest BCUT2D eigenvalue weighted by Gasteiger charge is 2.14. The second kappa shape index (κ2) is 6.22. The lowest BCUT2D eigenvalue weighted by Crippen LogP contribution is -2.42. The van der Waals surface area contributed by atoms with Crippen molar-refractivity contribution in [2.45, 2.75) is 32.7 Å². The summed E-state index contributed by atoms with van der Waals surface area (Å²) in [4.78, 5) is 15.4. The number of hydrogen-bond acceptors (Lipinski definition) is 5. The molecule has 6 nitrogen and oxygen atoms in total. The normalized spacial score (nSPS) is 12.8. The summed E-state index contributed by atoms with van der Waals surface area (Å²) in [6.45, 7) is 4.54. The van der Waals surface area contributed by atoms with E-state index in [0.717, 1.165) is 0 Å². The van der Waals surface area contributed by atoms with Crippen LogP contribution in [-0.2, 0) is 11.2 Å². The number of aromatic nitrogens is 2. The highest BCUT2D eigenvalue weighted by Crippen LogP contribution is 2.02. The second-order valence-corrected chi connectivity index (χ2v) is 4.12. The Morgan fingerprint density at radius 2 is 2.38 bits per heavy atom. The van der Waals surface area contributed by atoms with Crippen LogP contribution in [0.5, 0.6) is 0 Å². The van der Waals surface area contributed by atoms with E-state index in [9.17, 15) is 4.79 Å². The van der Waals surface area contributed by atoms with Crippen molar-refractivity contribution >= 4 is 5.91 Å². The lowest BCUT2D eigenvalue weighted by Gasteiger charge is -2.13. The first-order valence-electron chi connectivity index (χ1n) is 5.38. The maximum absolute atomic E-state index is 11.5. The Morgan fingerprint density at radius 1 is 1.62 bits per heavy atom. The van der Waals surface area contributed by atoms with Gasteiger partial charge in [0.2, 0.25) is 12.3 Å². The van der Waals surface area contributed by atoms with Crippen LogP contribution in [0.4, 0.5) is 0 Å². The zero-order chi connectivity index (χ0) is 12.0. The molecule has 6 heteroatoms. The fraction of sp³-hybridized carbons (Fsp3) is 0.700. The topological polar surface area (TPSA) is 94.0 Å². The minimum Gasteiger partial charge on any atom is -0.354 e. The predicted octanol–water partition coefficient (Wildman–Crippen LogP) is 0.102. The average molecular weight is 226 g/mol. The summed E-state index contributed by atoms with van der Waals surface area (Å²) in [5.41, 5.74) is 5.72. The first kappa shape index (κ1) is 12.6. The molecule has 1 atom stereocenters. The van der Waals surface area contributed by atoms with Crippen molar-refractivity contribution in [2.75, 3.05) is 6.54 Å². The van der Waals surface area contributed by atoms with Crippen LogP contribution in [0.3, 0.4) is 0 Å². The standard InChI is InChI=1S/C10H18N4O2/c1-7(2)5-8(11)10(15)12-4-3-9-13-6-16-14-9/h6-8H,3-5,11H2,1-2H3,(H,12,15). The molecule has 0 saturated carbocycles. The Hall–Kier alpha value is -1.43. The first-order chi connectivity index (χ1) is 7.59. The Labute approximate surface area is 94.6 Å². The van der Waals surface area contributed by atoms with Gasteiger partial charge >= 0.3 is 0 Å². The van der Waals surface area contributed by atoms with E-state index in [1.807, 2.05) is 13.8 Å². The van der Waals surface area contributed by atoms with Crippen molar-refractivity contribution in [2.24, 2.45) is 11.7 Å². The number of nitrogens with two attached hydrogens (primary N) is 1. The molecular weight excluding hydrogens is 208 g/mol. The van der Waals surface area contributed by atoms with Crippen LogP contribution in [-0.4, -0.2) is 28.6 Å². The molecule has 1 unspecified atom stereocenters. The van der Waals surface area contributed by atoms with Gasteiger partial charge in [0.15, 0.2) is 5.82 Å². The van der Waals surface area contributed by atoms with Crippen molar-refractivity contribution in [1.29, 1.82) is 0 Å². The minimum absolute atomic E-state index is 0.128. The van der Waals surface area contributed by atoms with E-state index in [4.69, 9.17) is 5.73 Å². The molecule has 1 amide bonds. The van der Waals surface area contributed by atoms with Gasteiger partial charge in [-0.2, -0.15) is 4.98 Å². The lowest BCUT2D eigenvalue weighted by molar-refractivity contribution is -0.122. The van der Waals surface area contributed by atoms with Gasteiger partial charge in [-0.25, -0.2) is 0 Å². The highest BCUT2D eigenvalue weighted by molar-refractivity contribution is 5.81. The molecule has 1 rings (SSSR count). The van der Waals surface area contributed by atoms with E-state index in [2.05, 4.69) is 20.0 Å². The zero-order valence-corrected chi connectivity index (χ0v) is 9.64. The summed E-state index contributed by atoms with van der Waals surface area (Å²) in [5, 5.41) is 6.38. The van der Waals surface area contributed by atoms with E-state index in [0.29, 0.717) is 31.1 Å². The Morgan fingerprint density at radius 3 is 2.94 bits per heavy atom. The quantitative estimate of drug-likeness (QED) is 0.717. The van der Waals surface area contributed by atoms with Gasteiger partial charge in [0, 0.05) is 13.0 Å². The van der Waals surface area contributed by atoms with Gasteiger partial charge in [-0.15, -0.1) is 0 Å². The van der Waals surface area contributed by atoms with Gasteiger partial charge in [0.1, 0.15) is 0 Å². The third kappa shape index (κ3) is 4.39. The van der Waals surface area contributed by atoms with E-state index < -0.39 is 6.04 Å². The summed E-state index contributed by atoms with van der Waals surface area (Å²) in [6.07, 6.45) is 2.51. The van der Waals surface area contributed by atoms with Crippen molar-refractivity contribution in [1.82, 2.24) is 15.5 Å². The molecule has 0 radical (unpaired) electrons.